The zero-order valence-corrected chi connectivity index (χ0v) is 19.5. The van der Waals surface area contributed by atoms with Crippen molar-refractivity contribution >= 4 is 46.7 Å². The minimum atomic E-state index is -0.585. The van der Waals surface area contributed by atoms with Crippen LogP contribution in [-0.4, -0.2) is 57.6 Å². The molecule has 2 aromatic carbocycles. The van der Waals surface area contributed by atoms with Crippen molar-refractivity contribution in [3.8, 4) is 12.3 Å². The minimum Gasteiger partial charge on any atom is -0.368 e. The molecule has 4 rings (SSSR count). The number of anilines is 4. The van der Waals surface area contributed by atoms with Gasteiger partial charge in [0.15, 0.2) is 0 Å². The first-order chi connectivity index (χ1) is 17.4. The van der Waals surface area contributed by atoms with Gasteiger partial charge < -0.3 is 26.6 Å². The number of carbonyl (C=O) groups is 3. The largest absolute Gasteiger partial charge is 0.368 e. The lowest BCUT2D eigenvalue weighted by Crippen LogP contribution is -2.34. The highest BCUT2D eigenvalue weighted by Gasteiger charge is 2.18. The highest BCUT2D eigenvalue weighted by atomic mass is 16.2. The van der Waals surface area contributed by atoms with Gasteiger partial charge in [-0.05, 0) is 59.9 Å². The van der Waals surface area contributed by atoms with E-state index in [2.05, 4.69) is 38.0 Å². The Kier molecular flexibility index (Phi) is 6.97. The maximum Gasteiger partial charge on any atom is 0.349 e. The van der Waals surface area contributed by atoms with E-state index in [-0.39, 0.29) is 23.7 Å². The summed E-state index contributed by atoms with van der Waals surface area (Å²) in [6.45, 7) is 1.03. The van der Waals surface area contributed by atoms with Crippen LogP contribution in [0.4, 0.5) is 28.1 Å². The van der Waals surface area contributed by atoms with Gasteiger partial charge in [0.2, 0.25) is 11.9 Å². The van der Waals surface area contributed by atoms with E-state index in [9.17, 15) is 14.4 Å². The van der Waals surface area contributed by atoms with Crippen LogP contribution in [0.1, 0.15) is 22.3 Å². The normalized spacial score (nSPS) is 12.8. The molecule has 3 aromatic rings. The molecule has 5 N–H and O–H groups in total. The third kappa shape index (κ3) is 5.34. The van der Waals surface area contributed by atoms with E-state index in [0.717, 1.165) is 22.2 Å². The molecule has 2 heterocycles. The summed E-state index contributed by atoms with van der Waals surface area (Å²) in [5.74, 6) is 1.65. The summed E-state index contributed by atoms with van der Waals surface area (Å²) in [6, 6.07) is 13.3. The van der Waals surface area contributed by atoms with Crippen molar-refractivity contribution in [1.82, 2.24) is 25.0 Å². The molecular weight excluding hydrogens is 460 g/mol. The maximum atomic E-state index is 12.7. The van der Waals surface area contributed by atoms with Crippen molar-refractivity contribution in [3.05, 3.63) is 65.7 Å². The Balaban J connectivity index is 1.40. The molecular formula is C25H24N8O3. The quantitative estimate of drug-likeness (QED) is 0.406. The van der Waals surface area contributed by atoms with Crippen LogP contribution in [0.5, 0.6) is 0 Å². The average molecular weight is 485 g/mol. The topological polar surface area (TPSA) is 147 Å². The maximum absolute atomic E-state index is 12.7. The highest BCUT2D eigenvalue weighted by molar-refractivity contribution is 5.95. The first-order valence-corrected chi connectivity index (χ1v) is 11.1. The van der Waals surface area contributed by atoms with Crippen molar-refractivity contribution in [2.45, 2.75) is 6.42 Å². The lowest BCUT2D eigenvalue weighted by molar-refractivity contribution is -0.124. The monoisotopic (exact) mass is 484 g/mol. The van der Waals surface area contributed by atoms with Crippen LogP contribution < -0.4 is 21.7 Å². The molecule has 11 nitrogen and oxygen atoms in total. The fraction of sp³-hybridized carbons (Fsp3) is 0.160. The van der Waals surface area contributed by atoms with Crippen molar-refractivity contribution in [2.75, 3.05) is 36.5 Å². The van der Waals surface area contributed by atoms with E-state index < -0.39 is 6.03 Å². The third-order valence-corrected chi connectivity index (χ3v) is 5.52. The Morgan fingerprint density at radius 1 is 1.06 bits per heavy atom. The van der Waals surface area contributed by atoms with Crippen LogP contribution in [0.3, 0.4) is 0 Å². The van der Waals surface area contributed by atoms with Gasteiger partial charge >= 0.3 is 6.03 Å². The smallest absolute Gasteiger partial charge is 0.349 e. The lowest BCUT2D eigenvalue weighted by Gasteiger charge is -2.25. The van der Waals surface area contributed by atoms with Crippen LogP contribution >= 0.6 is 0 Å². The predicted molar refractivity (Wildman–Crippen MR) is 136 cm³/mol. The number of nitrogens with zero attached hydrogens (tertiary/aromatic N) is 4. The second kappa shape index (κ2) is 10.4. The summed E-state index contributed by atoms with van der Waals surface area (Å²) in [6.07, 6.45) is 8.03. The molecule has 1 aromatic heterocycles. The first kappa shape index (κ1) is 24.0. The summed E-state index contributed by atoms with van der Waals surface area (Å²) >= 11 is 0. The van der Waals surface area contributed by atoms with Gasteiger partial charge in [0.05, 0.1) is 0 Å². The van der Waals surface area contributed by atoms with Gasteiger partial charge in [-0.3, -0.25) is 9.59 Å². The summed E-state index contributed by atoms with van der Waals surface area (Å²) in [7, 11) is 1.56. The van der Waals surface area contributed by atoms with Crippen LogP contribution in [0.2, 0.25) is 0 Å². The van der Waals surface area contributed by atoms with Gasteiger partial charge in [-0.1, -0.05) is 18.2 Å². The van der Waals surface area contributed by atoms with E-state index in [1.807, 2.05) is 12.1 Å². The fourth-order valence-corrected chi connectivity index (χ4v) is 3.67. The van der Waals surface area contributed by atoms with Crippen LogP contribution in [0.25, 0.3) is 5.57 Å². The molecule has 1 aliphatic heterocycles. The molecule has 0 atom stereocenters. The number of rotatable bonds is 5. The third-order valence-electron chi connectivity index (χ3n) is 5.52. The van der Waals surface area contributed by atoms with Crippen molar-refractivity contribution < 1.29 is 14.4 Å². The predicted octanol–water partition coefficient (Wildman–Crippen LogP) is 2.29. The summed E-state index contributed by atoms with van der Waals surface area (Å²) in [5, 5.41) is 12.3. The van der Waals surface area contributed by atoms with Gasteiger partial charge in [-0.25, -0.2) is 4.79 Å². The molecule has 11 heteroatoms. The summed E-state index contributed by atoms with van der Waals surface area (Å²) < 4.78 is 0.947. The van der Waals surface area contributed by atoms with E-state index in [0.29, 0.717) is 30.0 Å². The molecule has 0 saturated carbocycles. The van der Waals surface area contributed by atoms with Crippen LogP contribution in [0.15, 0.2) is 54.6 Å². The lowest BCUT2D eigenvalue weighted by atomic mass is 10.0. The molecule has 0 aliphatic carbocycles. The van der Waals surface area contributed by atoms with Crippen LogP contribution in [0, 0.1) is 12.3 Å². The molecule has 1 aliphatic rings. The second-order valence-corrected chi connectivity index (χ2v) is 7.88. The number of nitrogen functional groups attached to an aromatic ring is 1. The first-order valence-electron chi connectivity index (χ1n) is 11.1. The number of aromatic nitrogens is 3. The van der Waals surface area contributed by atoms with Gasteiger partial charge in [0.25, 0.3) is 11.8 Å². The Bertz CT molecular complexity index is 1370. The summed E-state index contributed by atoms with van der Waals surface area (Å²) in [4.78, 5) is 41.9. The van der Waals surface area contributed by atoms with Crippen LogP contribution in [-0.2, 0) is 4.79 Å². The van der Waals surface area contributed by atoms with Crippen molar-refractivity contribution in [3.63, 3.8) is 0 Å². The SMILES string of the molecule is C#CC(=O)N1CCC=C(c2ccc(NC(=O)n3nc(Nc4ccc(C(=O)NC)cc4)nc3N)cc2)C1. The molecule has 0 radical (unpaired) electrons. The Morgan fingerprint density at radius 2 is 1.75 bits per heavy atom. The molecule has 0 spiro atoms. The minimum absolute atomic E-state index is 0.0979. The Labute approximate surface area is 207 Å². The molecule has 0 bridgehead atoms. The van der Waals surface area contributed by atoms with Crippen molar-refractivity contribution in [1.29, 1.82) is 0 Å². The molecule has 36 heavy (non-hydrogen) atoms. The second-order valence-electron chi connectivity index (χ2n) is 7.88. The zero-order valence-electron chi connectivity index (χ0n) is 19.5. The van der Waals surface area contributed by atoms with Gasteiger partial charge in [0.1, 0.15) is 0 Å². The Morgan fingerprint density at radius 3 is 2.42 bits per heavy atom. The molecule has 3 amide bonds. The number of carbonyl (C=O) groups excluding carboxylic acids is 3. The number of hydrogen-bond donors (Lipinski definition) is 4. The van der Waals surface area contributed by atoms with Gasteiger partial charge in [-0.2, -0.15) is 4.98 Å². The molecule has 0 unspecified atom stereocenters. The average Bonchev–Trinajstić information content (AvgIpc) is 3.28. The fourth-order valence-electron chi connectivity index (χ4n) is 3.67. The Hall–Kier alpha value is -5.11. The molecule has 0 fully saturated rings. The molecule has 0 saturated heterocycles. The zero-order chi connectivity index (χ0) is 25.7. The number of hydrogen-bond acceptors (Lipinski definition) is 7. The molecule has 182 valence electrons. The van der Waals surface area contributed by atoms with E-state index in [1.54, 1.807) is 48.3 Å². The van der Waals surface area contributed by atoms with Gasteiger partial charge in [-0.15, -0.1) is 16.2 Å². The van der Waals surface area contributed by atoms with Gasteiger partial charge in [0, 0.05) is 37.1 Å². The standard InChI is InChI=1S/C25H24N8O3/c1-3-21(34)32-14-4-5-18(15-32)16-6-10-20(11-7-16)29-25(36)33-23(26)30-24(31-33)28-19-12-8-17(9-13-19)22(35)27-2/h1,5-13H,4,14-15H2,2H3,(H,27,35)(H,29,36)(H3,26,28,30,31). The summed E-state index contributed by atoms with van der Waals surface area (Å²) in [5.41, 5.74) is 9.46. The number of benzene rings is 2. The van der Waals surface area contributed by atoms with E-state index in [4.69, 9.17) is 12.2 Å². The highest BCUT2D eigenvalue weighted by Crippen LogP contribution is 2.23. The van der Waals surface area contributed by atoms with E-state index >= 15 is 0 Å². The number of nitrogens with two attached hydrogens (primary N) is 1. The number of nitrogens with one attached hydrogen (secondary N) is 3. The number of amides is 3. The van der Waals surface area contributed by atoms with Crippen molar-refractivity contribution in [2.24, 2.45) is 0 Å². The number of terminal acetylenes is 1. The van der Waals surface area contributed by atoms with E-state index in [1.165, 1.54) is 0 Å².